The van der Waals surface area contributed by atoms with E-state index in [-0.39, 0.29) is 23.4 Å². The molecular weight excluding hydrogens is 528 g/mol. The first-order valence-corrected chi connectivity index (χ1v) is 13.4. The zero-order valence-corrected chi connectivity index (χ0v) is 22.8. The fourth-order valence-electron chi connectivity index (χ4n) is 5.25. The summed E-state index contributed by atoms with van der Waals surface area (Å²) in [6.45, 7) is 1.91. The van der Waals surface area contributed by atoms with Crippen LogP contribution in [0.2, 0.25) is 5.02 Å². The molecule has 6 rings (SSSR count). The van der Waals surface area contributed by atoms with Crippen molar-refractivity contribution in [2.45, 2.75) is 32.2 Å². The molecule has 5 aromatic rings. The van der Waals surface area contributed by atoms with Crippen LogP contribution in [0.1, 0.15) is 37.9 Å². The number of benzene rings is 1. The van der Waals surface area contributed by atoms with Crippen molar-refractivity contribution in [3.8, 4) is 33.6 Å². The third kappa shape index (κ3) is 4.82. The average Bonchev–Trinajstić information content (AvgIpc) is 3.61. The van der Waals surface area contributed by atoms with E-state index in [1.165, 1.54) is 6.07 Å². The molecule has 0 fully saturated rings. The second-order valence-corrected chi connectivity index (χ2v) is 10.5. The first-order chi connectivity index (χ1) is 19.4. The molecule has 0 spiro atoms. The van der Waals surface area contributed by atoms with Gasteiger partial charge in [-0.05, 0) is 42.7 Å². The van der Waals surface area contributed by atoms with Crippen LogP contribution in [0.15, 0.2) is 72.3 Å². The molecule has 0 saturated heterocycles. The van der Waals surface area contributed by atoms with Crippen LogP contribution in [-0.4, -0.2) is 40.4 Å². The highest BCUT2D eigenvalue weighted by Gasteiger charge is 2.24. The predicted octanol–water partition coefficient (Wildman–Crippen LogP) is 5.10. The lowest BCUT2D eigenvalue weighted by molar-refractivity contribution is -0.119. The highest BCUT2D eigenvalue weighted by Crippen LogP contribution is 2.34. The van der Waals surface area contributed by atoms with Crippen LogP contribution in [0.3, 0.4) is 0 Å². The number of aromatic amines is 1. The monoisotopic (exact) mass is 554 g/mol. The number of pyridine rings is 1. The fraction of sp³-hybridized carbons (Fsp3) is 0.241. The Morgan fingerprint density at radius 3 is 2.67 bits per heavy atom. The van der Waals surface area contributed by atoms with Gasteiger partial charge in [0.25, 0.3) is 5.56 Å². The minimum absolute atomic E-state index is 0.0567. The lowest BCUT2D eigenvalue weighted by Crippen LogP contribution is -2.27. The highest BCUT2D eigenvalue weighted by atomic mass is 35.5. The fourth-order valence-corrected chi connectivity index (χ4v) is 5.42. The molecule has 5 heterocycles. The number of anilines is 1. The molecule has 0 radical (unpaired) electrons. The Morgan fingerprint density at radius 2 is 1.88 bits per heavy atom. The van der Waals surface area contributed by atoms with Gasteiger partial charge in [0.2, 0.25) is 5.91 Å². The van der Waals surface area contributed by atoms with E-state index in [0.29, 0.717) is 29.2 Å². The Labute approximate surface area is 235 Å². The van der Waals surface area contributed by atoms with E-state index in [9.17, 15) is 9.59 Å². The molecule has 4 aromatic heterocycles. The summed E-state index contributed by atoms with van der Waals surface area (Å²) in [5, 5.41) is 14.8. The van der Waals surface area contributed by atoms with Crippen LogP contribution < -0.4 is 10.9 Å². The molecule has 10 nitrogen and oxygen atoms in total. The van der Waals surface area contributed by atoms with Crippen molar-refractivity contribution in [2.75, 3.05) is 5.32 Å². The molecule has 40 heavy (non-hydrogen) atoms. The third-order valence-corrected chi connectivity index (χ3v) is 7.63. The molecule has 2 atom stereocenters. The van der Waals surface area contributed by atoms with Crippen LogP contribution >= 0.6 is 11.6 Å². The summed E-state index contributed by atoms with van der Waals surface area (Å²) in [4.78, 5) is 35.9. The minimum atomic E-state index is -0.368. The first kappa shape index (κ1) is 25.7. The first-order valence-electron chi connectivity index (χ1n) is 13.1. The van der Waals surface area contributed by atoms with Gasteiger partial charge in [-0.2, -0.15) is 10.2 Å². The van der Waals surface area contributed by atoms with E-state index < -0.39 is 0 Å². The summed E-state index contributed by atoms with van der Waals surface area (Å²) in [6.07, 6.45) is 10.5. The van der Waals surface area contributed by atoms with Gasteiger partial charge in [0.15, 0.2) is 0 Å². The maximum Gasteiger partial charge on any atom is 0.254 e. The molecule has 1 aromatic carbocycles. The zero-order chi connectivity index (χ0) is 27.8. The van der Waals surface area contributed by atoms with Crippen molar-refractivity contribution in [3.63, 3.8) is 0 Å². The molecule has 1 aliphatic heterocycles. The van der Waals surface area contributed by atoms with Gasteiger partial charge in [0, 0.05) is 53.1 Å². The Morgan fingerprint density at radius 1 is 1.00 bits per heavy atom. The number of carbonyl (C=O) groups excluding carboxylic acids is 1. The predicted molar refractivity (Wildman–Crippen MR) is 153 cm³/mol. The SMILES string of the molecule is C[C@@H]1CCC[C@H](n2cnc(-c3cc(Cl)ccc3-c3cn[nH]c3)cc2=O)c2cc(ccn2)-c2c(cnn2C)NC1=O. The molecule has 1 amide bonds. The third-order valence-electron chi connectivity index (χ3n) is 7.39. The van der Waals surface area contributed by atoms with Crippen molar-refractivity contribution < 1.29 is 4.79 Å². The lowest BCUT2D eigenvalue weighted by atomic mass is 9.96. The summed E-state index contributed by atoms with van der Waals surface area (Å²) in [5.41, 5.74) is 5.78. The zero-order valence-electron chi connectivity index (χ0n) is 22.0. The van der Waals surface area contributed by atoms with Crippen LogP contribution in [0, 0.1) is 5.92 Å². The largest absolute Gasteiger partial charge is 0.323 e. The van der Waals surface area contributed by atoms with E-state index in [1.54, 1.807) is 52.5 Å². The van der Waals surface area contributed by atoms with Crippen LogP contribution in [0.4, 0.5) is 5.69 Å². The second kappa shape index (κ2) is 10.5. The van der Waals surface area contributed by atoms with Crippen molar-refractivity contribution in [2.24, 2.45) is 13.0 Å². The molecular formula is C29H27ClN8O2. The van der Waals surface area contributed by atoms with Crippen molar-refractivity contribution in [1.29, 1.82) is 0 Å². The van der Waals surface area contributed by atoms with Crippen LogP contribution in [0.5, 0.6) is 0 Å². The molecule has 1 aliphatic rings. The van der Waals surface area contributed by atoms with Crippen LogP contribution in [-0.2, 0) is 11.8 Å². The summed E-state index contributed by atoms with van der Waals surface area (Å²) in [6, 6.07) is 10.5. The number of H-pyrrole nitrogens is 1. The molecule has 0 unspecified atom stereocenters. The standard InChI is InChI=1S/C29H27ClN8O2/c1-17-4-3-5-26(24-10-18(8-9-31-24)28-25(36-29(17)40)15-35-37(28)2)38-16-32-23(12-27(38)39)22-11-20(30)6-7-21(22)19-13-33-34-14-19/h6-17,26H,3-5H2,1-2H3,(H,33,34)(H,36,40)/t17-,26+/m1/s1. The molecule has 0 saturated carbocycles. The number of aryl methyl sites for hydroxylation is 1. The van der Waals surface area contributed by atoms with Gasteiger partial charge in [-0.25, -0.2) is 4.98 Å². The Balaban J connectivity index is 1.44. The van der Waals surface area contributed by atoms with E-state index in [4.69, 9.17) is 16.6 Å². The molecule has 2 N–H and O–H groups in total. The number of nitrogens with one attached hydrogen (secondary N) is 2. The van der Waals surface area contributed by atoms with Crippen molar-refractivity contribution >= 4 is 23.2 Å². The van der Waals surface area contributed by atoms with Crippen molar-refractivity contribution in [1.82, 2.24) is 34.5 Å². The van der Waals surface area contributed by atoms with E-state index in [0.717, 1.165) is 40.1 Å². The summed E-state index contributed by atoms with van der Waals surface area (Å²) >= 11 is 6.33. The maximum atomic E-state index is 13.7. The Hall–Kier alpha value is -4.57. The molecule has 202 valence electrons. The van der Waals surface area contributed by atoms with Gasteiger partial charge < -0.3 is 5.32 Å². The molecule has 0 aliphatic carbocycles. The smallest absolute Gasteiger partial charge is 0.254 e. The highest BCUT2D eigenvalue weighted by molar-refractivity contribution is 6.31. The second-order valence-electron chi connectivity index (χ2n) is 10.0. The number of amides is 1. The topological polar surface area (TPSA) is 123 Å². The van der Waals surface area contributed by atoms with Crippen LogP contribution in [0.25, 0.3) is 33.6 Å². The summed E-state index contributed by atoms with van der Waals surface area (Å²) in [5.74, 6) is -0.264. The minimum Gasteiger partial charge on any atom is -0.323 e. The summed E-state index contributed by atoms with van der Waals surface area (Å²) < 4.78 is 3.35. The number of hydrogen-bond donors (Lipinski definition) is 2. The normalized spacial score (nSPS) is 17.4. The molecule has 2 bridgehead atoms. The molecule has 11 heteroatoms. The summed E-state index contributed by atoms with van der Waals surface area (Å²) in [7, 11) is 1.83. The van der Waals surface area contributed by atoms with Gasteiger partial charge in [-0.15, -0.1) is 0 Å². The van der Waals surface area contributed by atoms with E-state index >= 15 is 0 Å². The Kier molecular flexibility index (Phi) is 6.77. The number of nitrogens with zero attached hydrogens (tertiary/aromatic N) is 6. The van der Waals surface area contributed by atoms with Gasteiger partial charge in [-0.1, -0.05) is 31.0 Å². The number of aromatic nitrogens is 7. The van der Waals surface area contributed by atoms with Gasteiger partial charge in [-0.3, -0.25) is 28.9 Å². The maximum absolute atomic E-state index is 13.7. The number of rotatable bonds is 3. The number of hydrogen-bond acceptors (Lipinski definition) is 6. The lowest BCUT2D eigenvalue weighted by Gasteiger charge is -2.22. The van der Waals surface area contributed by atoms with Gasteiger partial charge in [0.1, 0.15) is 0 Å². The average molecular weight is 555 g/mol. The number of carbonyl (C=O) groups is 1. The van der Waals surface area contributed by atoms with Gasteiger partial charge in [0.05, 0.1) is 47.5 Å². The quantitative estimate of drug-likeness (QED) is 0.320. The van der Waals surface area contributed by atoms with Crippen molar-refractivity contribution in [3.05, 3.63) is 88.6 Å². The number of fused-ring (bicyclic) bond motifs is 4. The Bertz CT molecular complexity index is 1760. The van der Waals surface area contributed by atoms with Gasteiger partial charge >= 0.3 is 0 Å². The van der Waals surface area contributed by atoms with E-state index in [2.05, 4.69) is 25.6 Å². The van der Waals surface area contributed by atoms with E-state index in [1.807, 2.05) is 32.2 Å². The number of halogens is 1.